The molecule has 0 saturated carbocycles. The van der Waals surface area contributed by atoms with Gasteiger partial charge >= 0.3 is 0 Å². The van der Waals surface area contributed by atoms with Crippen molar-refractivity contribution in [3.63, 3.8) is 0 Å². The number of hydrogen-bond donors (Lipinski definition) is 2. The predicted molar refractivity (Wildman–Crippen MR) is 91.6 cm³/mol. The van der Waals surface area contributed by atoms with Crippen LogP contribution in [0.3, 0.4) is 0 Å². The Morgan fingerprint density at radius 3 is 2.64 bits per heavy atom. The standard InChI is InChI=1S/C18H23N3O4/c1-17(2)9-21(15(23)12-5-3-4-6-13(12)19)10-18(11-25-17)8-7-14(22)20-16(18)24/h3-6H,7-11,19H2,1-2H3,(H,20,22,24). The third-order valence-corrected chi connectivity index (χ3v) is 4.85. The van der Waals surface area contributed by atoms with Crippen molar-refractivity contribution >= 4 is 23.4 Å². The van der Waals surface area contributed by atoms with E-state index in [1.807, 2.05) is 13.8 Å². The van der Waals surface area contributed by atoms with Gasteiger partial charge in [0.05, 0.1) is 23.2 Å². The maximum Gasteiger partial charge on any atom is 0.256 e. The van der Waals surface area contributed by atoms with E-state index in [-0.39, 0.29) is 37.3 Å². The van der Waals surface area contributed by atoms with Crippen LogP contribution in [0.2, 0.25) is 0 Å². The molecular formula is C18H23N3O4. The van der Waals surface area contributed by atoms with Crippen molar-refractivity contribution in [2.24, 2.45) is 5.41 Å². The van der Waals surface area contributed by atoms with Gasteiger partial charge in [-0.3, -0.25) is 19.7 Å². The summed E-state index contributed by atoms with van der Waals surface area (Å²) >= 11 is 0. The molecule has 7 nitrogen and oxygen atoms in total. The van der Waals surface area contributed by atoms with E-state index in [0.29, 0.717) is 24.2 Å². The van der Waals surface area contributed by atoms with Gasteiger partial charge in [-0.1, -0.05) is 12.1 Å². The lowest BCUT2D eigenvalue weighted by Gasteiger charge is -2.36. The molecule has 0 bridgehead atoms. The number of nitrogens with zero attached hydrogens (tertiary/aromatic N) is 1. The normalized spacial score (nSPS) is 26.2. The second kappa shape index (κ2) is 6.15. The lowest BCUT2D eigenvalue weighted by atomic mass is 9.79. The molecule has 25 heavy (non-hydrogen) atoms. The molecule has 2 fully saturated rings. The maximum absolute atomic E-state index is 13.0. The van der Waals surface area contributed by atoms with Crippen LogP contribution in [-0.2, 0) is 14.3 Å². The van der Waals surface area contributed by atoms with Gasteiger partial charge in [-0.15, -0.1) is 0 Å². The van der Waals surface area contributed by atoms with Crippen molar-refractivity contribution in [1.29, 1.82) is 0 Å². The summed E-state index contributed by atoms with van der Waals surface area (Å²) in [5.74, 6) is -0.898. The number of nitrogens with two attached hydrogens (primary N) is 1. The number of rotatable bonds is 1. The molecule has 1 aromatic carbocycles. The molecule has 1 spiro atoms. The average Bonchev–Trinajstić information content (AvgIpc) is 2.69. The minimum absolute atomic E-state index is 0.174. The van der Waals surface area contributed by atoms with E-state index < -0.39 is 11.0 Å². The van der Waals surface area contributed by atoms with Crippen molar-refractivity contribution in [1.82, 2.24) is 10.2 Å². The first-order valence-corrected chi connectivity index (χ1v) is 8.35. The summed E-state index contributed by atoms with van der Waals surface area (Å²) in [5.41, 5.74) is 5.23. The molecule has 3 N–H and O–H groups in total. The minimum Gasteiger partial charge on any atom is -0.398 e. The Bertz CT molecular complexity index is 731. The number of piperidine rings is 1. The Hall–Kier alpha value is -2.41. The van der Waals surface area contributed by atoms with Crippen molar-refractivity contribution < 1.29 is 19.1 Å². The summed E-state index contributed by atoms with van der Waals surface area (Å²) in [6.45, 7) is 4.47. The molecule has 2 aliphatic rings. The molecular weight excluding hydrogens is 322 g/mol. The smallest absolute Gasteiger partial charge is 0.256 e. The second-order valence-electron chi connectivity index (χ2n) is 7.45. The van der Waals surface area contributed by atoms with Crippen LogP contribution in [0.4, 0.5) is 5.69 Å². The number of imide groups is 1. The SMILES string of the molecule is CC1(C)CN(C(=O)c2ccccc2N)CC2(CCC(=O)NC2=O)CO1. The van der Waals surface area contributed by atoms with Crippen LogP contribution >= 0.6 is 0 Å². The summed E-state index contributed by atoms with van der Waals surface area (Å²) in [7, 11) is 0. The van der Waals surface area contributed by atoms with E-state index in [0.717, 1.165) is 0 Å². The number of ether oxygens (including phenoxy) is 1. The first-order chi connectivity index (χ1) is 11.7. The molecule has 7 heteroatoms. The van der Waals surface area contributed by atoms with Gasteiger partial charge in [0, 0.05) is 25.2 Å². The van der Waals surface area contributed by atoms with Crippen LogP contribution in [0.1, 0.15) is 37.0 Å². The van der Waals surface area contributed by atoms with Gasteiger partial charge in [0.25, 0.3) is 5.91 Å². The highest BCUT2D eigenvalue weighted by atomic mass is 16.5. The fourth-order valence-corrected chi connectivity index (χ4v) is 3.39. The monoisotopic (exact) mass is 345 g/mol. The van der Waals surface area contributed by atoms with Crippen molar-refractivity contribution in [2.75, 3.05) is 25.4 Å². The molecule has 1 atom stereocenters. The first-order valence-electron chi connectivity index (χ1n) is 8.35. The highest BCUT2D eigenvalue weighted by Crippen LogP contribution is 2.35. The molecule has 2 saturated heterocycles. The fraction of sp³-hybridized carbons (Fsp3) is 0.500. The number of para-hydroxylation sites is 1. The molecule has 0 aromatic heterocycles. The van der Waals surface area contributed by atoms with Crippen LogP contribution in [-0.4, -0.2) is 47.9 Å². The van der Waals surface area contributed by atoms with Crippen LogP contribution in [0.5, 0.6) is 0 Å². The summed E-state index contributed by atoms with van der Waals surface area (Å²) < 4.78 is 5.94. The number of carbonyl (C=O) groups is 3. The van der Waals surface area contributed by atoms with Gasteiger partial charge in [0.15, 0.2) is 0 Å². The summed E-state index contributed by atoms with van der Waals surface area (Å²) in [4.78, 5) is 38.7. The van der Waals surface area contributed by atoms with Crippen LogP contribution in [0.25, 0.3) is 0 Å². The zero-order valence-electron chi connectivity index (χ0n) is 14.5. The first kappa shape index (κ1) is 17.4. The lowest BCUT2D eigenvalue weighted by Crippen LogP contribution is -2.55. The van der Waals surface area contributed by atoms with E-state index in [4.69, 9.17) is 10.5 Å². The molecule has 3 rings (SSSR count). The summed E-state index contributed by atoms with van der Waals surface area (Å²) in [6.07, 6.45) is 0.604. The third kappa shape index (κ3) is 3.37. The topological polar surface area (TPSA) is 102 Å². The van der Waals surface area contributed by atoms with Crippen LogP contribution in [0.15, 0.2) is 24.3 Å². The largest absolute Gasteiger partial charge is 0.398 e. The molecule has 0 radical (unpaired) electrons. The number of carbonyl (C=O) groups excluding carboxylic acids is 3. The molecule has 2 aliphatic heterocycles. The molecule has 1 unspecified atom stereocenters. The van der Waals surface area contributed by atoms with Crippen molar-refractivity contribution in [3.05, 3.63) is 29.8 Å². The van der Waals surface area contributed by atoms with Crippen LogP contribution < -0.4 is 11.1 Å². The zero-order chi connectivity index (χ0) is 18.2. The Morgan fingerprint density at radius 2 is 1.96 bits per heavy atom. The van der Waals surface area contributed by atoms with E-state index in [1.54, 1.807) is 29.2 Å². The van der Waals surface area contributed by atoms with E-state index in [9.17, 15) is 14.4 Å². The highest BCUT2D eigenvalue weighted by molar-refractivity contribution is 6.02. The zero-order valence-corrected chi connectivity index (χ0v) is 14.5. The Balaban J connectivity index is 1.94. The average molecular weight is 345 g/mol. The van der Waals surface area contributed by atoms with Gasteiger partial charge in [0.1, 0.15) is 0 Å². The Labute approximate surface area is 146 Å². The lowest BCUT2D eigenvalue weighted by molar-refractivity contribution is -0.146. The second-order valence-corrected chi connectivity index (χ2v) is 7.45. The van der Waals surface area contributed by atoms with Gasteiger partial charge in [-0.25, -0.2) is 0 Å². The van der Waals surface area contributed by atoms with Crippen molar-refractivity contribution in [3.8, 4) is 0 Å². The van der Waals surface area contributed by atoms with E-state index in [2.05, 4.69) is 5.32 Å². The quantitative estimate of drug-likeness (QED) is 0.583. The van der Waals surface area contributed by atoms with Crippen LogP contribution in [0, 0.1) is 5.41 Å². The number of nitrogens with one attached hydrogen (secondary N) is 1. The Kier molecular flexibility index (Phi) is 4.28. The number of anilines is 1. The van der Waals surface area contributed by atoms with E-state index in [1.165, 1.54) is 0 Å². The van der Waals surface area contributed by atoms with Crippen molar-refractivity contribution in [2.45, 2.75) is 32.3 Å². The van der Waals surface area contributed by atoms with Gasteiger partial charge in [-0.2, -0.15) is 0 Å². The van der Waals surface area contributed by atoms with Gasteiger partial charge in [-0.05, 0) is 32.4 Å². The molecule has 1 aromatic rings. The minimum atomic E-state index is -0.916. The number of hydrogen-bond acceptors (Lipinski definition) is 5. The molecule has 3 amide bonds. The predicted octanol–water partition coefficient (Wildman–Crippen LogP) is 0.943. The highest BCUT2D eigenvalue weighted by Gasteiger charge is 2.49. The van der Waals surface area contributed by atoms with Gasteiger partial charge < -0.3 is 15.4 Å². The molecule has 134 valence electrons. The fourth-order valence-electron chi connectivity index (χ4n) is 3.39. The molecule has 0 aliphatic carbocycles. The third-order valence-electron chi connectivity index (χ3n) is 4.85. The van der Waals surface area contributed by atoms with Gasteiger partial charge in [0.2, 0.25) is 11.8 Å². The Morgan fingerprint density at radius 1 is 1.24 bits per heavy atom. The number of nitrogen functional groups attached to an aromatic ring is 1. The maximum atomic E-state index is 13.0. The molecule has 2 heterocycles. The summed E-state index contributed by atoms with van der Waals surface area (Å²) in [6, 6.07) is 6.87. The summed E-state index contributed by atoms with van der Waals surface area (Å²) in [5, 5.41) is 2.39. The number of amides is 3. The number of benzene rings is 1. The van der Waals surface area contributed by atoms with E-state index >= 15 is 0 Å².